The number of benzene rings is 1. The maximum absolute atomic E-state index is 12.4. The Labute approximate surface area is 140 Å². The smallest absolute Gasteiger partial charge is 0.338 e. The minimum absolute atomic E-state index is 0.294. The molecule has 2 rings (SSSR count). The van der Waals surface area contributed by atoms with Crippen LogP contribution in [0, 0.1) is 0 Å². The van der Waals surface area contributed by atoms with Crippen LogP contribution in [0.5, 0.6) is 11.5 Å². The normalized spacial score (nSPS) is 17.2. The summed E-state index contributed by atoms with van der Waals surface area (Å²) in [5, 5.41) is 6.50. The van der Waals surface area contributed by atoms with Gasteiger partial charge in [0.15, 0.2) is 5.11 Å². The van der Waals surface area contributed by atoms with E-state index in [1.54, 1.807) is 40.2 Å². The van der Waals surface area contributed by atoms with Gasteiger partial charge in [0.05, 0.1) is 32.4 Å². The van der Waals surface area contributed by atoms with Gasteiger partial charge in [-0.25, -0.2) is 4.79 Å². The van der Waals surface area contributed by atoms with Crippen molar-refractivity contribution < 1.29 is 19.0 Å². The first-order chi connectivity index (χ1) is 11.0. The van der Waals surface area contributed by atoms with Gasteiger partial charge in [-0.15, -0.1) is 0 Å². The number of methoxy groups -OCH3 is 2. The van der Waals surface area contributed by atoms with E-state index >= 15 is 0 Å². The zero-order chi connectivity index (χ0) is 17.0. The zero-order valence-electron chi connectivity index (χ0n) is 13.6. The van der Waals surface area contributed by atoms with Gasteiger partial charge in [0.25, 0.3) is 0 Å². The molecule has 23 heavy (non-hydrogen) atoms. The minimum Gasteiger partial charge on any atom is -0.497 e. The molecule has 7 heteroatoms. The lowest BCUT2D eigenvalue weighted by atomic mass is 9.94. The van der Waals surface area contributed by atoms with Crippen LogP contribution in [-0.4, -0.2) is 31.9 Å². The molecule has 0 spiro atoms. The number of allylic oxidation sites excluding steroid dienone is 1. The molecule has 0 aliphatic carbocycles. The summed E-state index contributed by atoms with van der Waals surface area (Å²) in [7, 11) is 3.16. The fraction of sp³-hybridized carbons (Fsp3) is 0.375. The fourth-order valence-corrected chi connectivity index (χ4v) is 2.74. The zero-order valence-corrected chi connectivity index (χ0v) is 14.4. The van der Waals surface area contributed by atoms with E-state index in [1.807, 2.05) is 6.07 Å². The predicted molar refractivity (Wildman–Crippen MR) is 90.5 cm³/mol. The Bertz CT molecular complexity index is 657. The summed E-state index contributed by atoms with van der Waals surface area (Å²) in [5.41, 5.74) is 1.87. The highest BCUT2D eigenvalue weighted by Gasteiger charge is 2.32. The van der Waals surface area contributed by atoms with Crippen molar-refractivity contribution in [1.29, 1.82) is 0 Å². The van der Waals surface area contributed by atoms with Crippen molar-refractivity contribution in [1.82, 2.24) is 10.6 Å². The van der Waals surface area contributed by atoms with Crippen molar-refractivity contribution in [2.24, 2.45) is 0 Å². The molecular weight excluding hydrogens is 316 g/mol. The van der Waals surface area contributed by atoms with Gasteiger partial charge in [0.2, 0.25) is 0 Å². The van der Waals surface area contributed by atoms with Gasteiger partial charge >= 0.3 is 5.97 Å². The second kappa shape index (κ2) is 7.32. The summed E-state index contributed by atoms with van der Waals surface area (Å²) in [6.07, 6.45) is 0. The third-order valence-electron chi connectivity index (χ3n) is 3.51. The van der Waals surface area contributed by atoms with Crippen LogP contribution in [-0.2, 0) is 9.53 Å². The molecule has 2 N–H and O–H groups in total. The quantitative estimate of drug-likeness (QED) is 0.630. The van der Waals surface area contributed by atoms with E-state index in [1.165, 1.54) is 0 Å². The molecule has 1 unspecified atom stereocenters. The van der Waals surface area contributed by atoms with Crippen LogP contribution in [0.1, 0.15) is 25.5 Å². The Morgan fingerprint density at radius 2 is 2.04 bits per heavy atom. The summed E-state index contributed by atoms with van der Waals surface area (Å²) < 4.78 is 15.9. The molecule has 6 nitrogen and oxygen atoms in total. The van der Waals surface area contributed by atoms with Crippen molar-refractivity contribution in [2.75, 3.05) is 20.8 Å². The highest BCUT2D eigenvalue weighted by atomic mass is 32.1. The van der Waals surface area contributed by atoms with E-state index < -0.39 is 12.0 Å². The molecule has 0 fully saturated rings. The molecule has 0 amide bonds. The topological polar surface area (TPSA) is 68.8 Å². The number of hydrogen-bond donors (Lipinski definition) is 2. The lowest BCUT2D eigenvalue weighted by molar-refractivity contribution is -0.139. The van der Waals surface area contributed by atoms with Gasteiger partial charge in [-0.05, 0) is 44.3 Å². The third kappa shape index (κ3) is 3.56. The van der Waals surface area contributed by atoms with Gasteiger partial charge < -0.3 is 24.8 Å². The number of carbonyl (C=O) groups is 1. The van der Waals surface area contributed by atoms with Crippen LogP contribution < -0.4 is 20.1 Å². The Balaban J connectivity index is 2.56. The summed E-state index contributed by atoms with van der Waals surface area (Å²) in [6, 6.07) is 4.92. The van der Waals surface area contributed by atoms with Crippen LogP contribution in [0.4, 0.5) is 0 Å². The number of nitrogens with one attached hydrogen (secondary N) is 2. The fourth-order valence-electron chi connectivity index (χ4n) is 2.47. The summed E-state index contributed by atoms with van der Waals surface area (Å²) in [5.74, 6) is 0.887. The highest BCUT2D eigenvalue weighted by Crippen LogP contribution is 2.35. The maximum atomic E-state index is 12.4. The van der Waals surface area contributed by atoms with Gasteiger partial charge in [-0.3, -0.25) is 0 Å². The number of carbonyl (C=O) groups excluding carboxylic acids is 1. The number of ether oxygens (including phenoxy) is 3. The molecule has 124 valence electrons. The molecule has 0 radical (unpaired) electrons. The predicted octanol–water partition coefficient (Wildman–Crippen LogP) is 2.06. The van der Waals surface area contributed by atoms with Crippen molar-refractivity contribution >= 4 is 23.3 Å². The molecule has 1 aromatic carbocycles. The molecule has 1 heterocycles. The molecule has 0 saturated heterocycles. The maximum Gasteiger partial charge on any atom is 0.338 e. The second-order valence-electron chi connectivity index (χ2n) is 4.90. The Morgan fingerprint density at radius 1 is 1.30 bits per heavy atom. The average Bonchev–Trinajstić information content (AvgIpc) is 2.53. The Kier molecular flexibility index (Phi) is 5.44. The van der Waals surface area contributed by atoms with E-state index in [9.17, 15) is 4.79 Å². The van der Waals surface area contributed by atoms with Gasteiger partial charge in [-0.2, -0.15) is 0 Å². The first kappa shape index (κ1) is 17.1. The van der Waals surface area contributed by atoms with Crippen LogP contribution in [0.15, 0.2) is 29.5 Å². The minimum atomic E-state index is -0.479. The number of hydrogen-bond acceptors (Lipinski definition) is 5. The van der Waals surface area contributed by atoms with Crippen molar-refractivity contribution in [2.45, 2.75) is 19.9 Å². The molecule has 1 aliphatic heterocycles. The van der Waals surface area contributed by atoms with Crippen molar-refractivity contribution in [3.63, 3.8) is 0 Å². The lowest BCUT2D eigenvalue weighted by Gasteiger charge is -2.30. The standard InChI is InChI=1S/C16H20N2O4S/c1-5-22-15(19)13-9(2)17-16(23)18-14(13)11-8-10(20-3)6-7-12(11)21-4/h6-8,14H,5H2,1-4H3,(H2,17,18,23). The molecule has 1 aromatic rings. The molecule has 0 bridgehead atoms. The van der Waals surface area contributed by atoms with Gasteiger partial charge in [0.1, 0.15) is 11.5 Å². The van der Waals surface area contributed by atoms with Crippen LogP contribution in [0.25, 0.3) is 0 Å². The first-order valence-corrected chi connectivity index (χ1v) is 7.60. The summed E-state index contributed by atoms with van der Waals surface area (Å²) in [4.78, 5) is 12.4. The van der Waals surface area contributed by atoms with Gasteiger partial charge in [-0.1, -0.05) is 0 Å². The van der Waals surface area contributed by atoms with Crippen molar-refractivity contribution in [3.8, 4) is 11.5 Å². The largest absolute Gasteiger partial charge is 0.497 e. The van der Waals surface area contributed by atoms with Crippen LogP contribution >= 0.6 is 12.2 Å². The average molecular weight is 336 g/mol. The summed E-state index contributed by atoms with van der Waals surface area (Å²) in [6.45, 7) is 3.85. The number of thiocarbonyl (C=S) groups is 1. The van der Waals surface area contributed by atoms with E-state index in [0.29, 0.717) is 34.5 Å². The second-order valence-corrected chi connectivity index (χ2v) is 5.31. The number of rotatable bonds is 5. The van der Waals surface area contributed by atoms with E-state index in [-0.39, 0.29) is 0 Å². The van der Waals surface area contributed by atoms with Crippen LogP contribution in [0.3, 0.4) is 0 Å². The molecule has 1 atom stereocenters. The van der Waals surface area contributed by atoms with Crippen LogP contribution in [0.2, 0.25) is 0 Å². The Morgan fingerprint density at radius 3 is 2.65 bits per heavy atom. The third-order valence-corrected chi connectivity index (χ3v) is 3.73. The van der Waals surface area contributed by atoms with E-state index in [0.717, 1.165) is 5.56 Å². The monoisotopic (exact) mass is 336 g/mol. The first-order valence-electron chi connectivity index (χ1n) is 7.19. The van der Waals surface area contributed by atoms with Crippen molar-refractivity contribution in [3.05, 3.63) is 35.0 Å². The molecule has 0 aromatic heterocycles. The molecule has 1 aliphatic rings. The van der Waals surface area contributed by atoms with Gasteiger partial charge in [0, 0.05) is 11.3 Å². The molecule has 0 saturated carbocycles. The Hall–Kier alpha value is -2.28. The highest BCUT2D eigenvalue weighted by molar-refractivity contribution is 7.80. The SMILES string of the molecule is CCOC(=O)C1=C(C)NC(=S)NC1c1cc(OC)ccc1OC. The summed E-state index contributed by atoms with van der Waals surface area (Å²) >= 11 is 5.22. The number of esters is 1. The lowest BCUT2D eigenvalue weighted by Crippen LogP contribution is -2.45. The van der Waals surface area contributed by atoms with E-state index in [2.05, 4.69) is 10.6 Å². The molecular formula is C16H20N2O4S. The van der Waals surface area contributed by atoms with E-state index in [4.69, 9.17) is 26.4 Å².